The molecule has 0 aliphatic rings. The first kappa shape index (κ1) is 14.0. The van der Waals surface area contributed by atoms with Gasteiger partial charge >= 0.3 is 0 Å². The molecule has 0 heterocycles. The molecule has 0 amide bonds. The van der Waals surface area contributed by atoms with Crippen molar-refractivity contribution in [3.63, 3.8) is 0 Å². The predicted molar refractivity (Wildman–Crippen MR) is 65.6 cm³/mol. The zero-order chi connectivity index (χ0) is 10.8. The van der Waals surface area contributed by atoms with Crippen molar-refractivity contribution in [1.82, 2.24) is 5.32 Å². The summed E-state index contributed by atoms with van der Waals surface area (Å²) in [7, 11) is 2.04. The summed E-state index contributed by atoms with van der Waals surface area (Å²) in [5, 5.41) is 3.23. The number of hydrogen-bond acceptors (Lipinski definition) is 1. The van der Waals surface area contributed by atoms with Crippen LogP contribution in [0.25, 0.3) is 0 Å². The van der Waals surface area contributed by atoms with E-state index in [1.807, 2.05) is 7.05 Å². The van der Waals surface area contributed by atoms with Crippen LogP contribution in [0, 0.1) is 11.8 Å². The second kappa shape index (κ2) is 9.51. The summed E-state index contributed by atoms with van der Waals surface area (Å²) in [6, 6.07) is 0. The van der Waals surface area contributed by atoms with E-state index in [0.29, 0.717) is 0 Å². The molecule has 0 bridgehead atoms. The fourth-order valence-electron chi connectivity index (χ4n) is 2.06. The fourth-order valence-corrected chi connectivity index (χ4v) is 2.06. The molecule has 0 aliphatic heterocycles. The first-order valence-corrected chi connectivity index (χ1v) is 6.39. The van der Waals surface area contributed by atoms with Gasteiger partial charge in [-0.15, -0.1) is 0 Å². The van der Waals surface area contributed by atoms with E-state index in [0.717, 1.165) is 11.8 Å². The van der Waals surface area contributed by atoms with E-state index < -0.39 is 0 Å². The Morgan fingerprint density at radius 1 is 1.14 bits per heavy atom. The molecule has 0 spiro atoms. The number of rotatable bonds is 9. The van der Waals surface area contributed by atoms with Crippen molar-refractivity contribution in [1.29, 1.82) is 0 Å². The van der Waals surface area contributed by atoms with Crippen LogP contribution in [0.1, 0.15) is 59.3 Å². The Labute approximate surface area is 90.7 Å². The molecule has 1 N–H and O–H groups in total. The van der Waals surface area contributed by atoms with Crippen molar-refractivity contribution >= 4 is 0 Å². The summed E-state index contributed by atoms with van der Waals surface area (Å²) in [4.78, 5) is 0. The number of hydrogen-bond donors (Lipinski definition) is 1. The van der Waals surface area contributed by atoms with Gasteiger partial charge in [-0.25, -0.2) is 0 Å². The highest BCUT2D eigenvalue weighted by molar-refractivity contribution is 4.63. The van der Waals surface area contributed by atoms with Gasteiger partial charge in [-0.3, -0.25) is 0 Å². The molecule has 1 heteroatoms. The van der Waals surface area contributed by atoms with Crippen LogP contribution in [0.15, 0.2) is 0 Å². The zero-order valence-electron chi connectivity index (χ0n) is 10.6. The van der Waals surface area contributed by atoms with Crippen molar-refractivity contribution in [3.05, 3.63) is 0 Å². The minimum absolute atomic E-state index is 0.893. The average molecular weight is 199 g/mol. The Hall–Kier alpha value is -0.0400. The zero-order valence-corrected chi connectivity index (χ0v) is 10.6. The van der Waals surface area contributed by atoms with Crippen LogP contribution in [0.3, 0.4) is 0 Å². The van der Waals surface area contributed by atoms with E-state index in [1.54, 1.807) is 0 Å². The summed E-state index contributed by atoms with van der Waals surface area (Å²) in [6.45, 7) is 8.19. The van der Waals surface area contributed by atoms with Crippen LogP contribution in [0.2, 0.25) is 0 Å². The van der Waals surface area contributed by atoms with E-state index in [9.17, 15) is 0 Å². The van der Waals surface area contributed by atoms with Gasteiger partial charge in [-0.05, 0) is 38.3 Å². The monoisotopic (exact) mass is 199 g/mol. The molecule has 0 aromatic rings. The van der Waals surface area contributed by atoms with Gasteiger partial charge < -0.3 is 5.32 Å². The average Bonchev–Trinajstić information content (AvgIpc) is 2.21. The Morgan fingerprint density at radius 3 is 2.36 bits per heavy atom. The number of nitrogens with one attached hydrogen (secondary N) is 1. The normalized spacial score (nSPS) is 15.4. The van der Waals surface area contributed by atoms with Gasteiger partial charge in [0.2, 0.25) is 0 Å². The smallest absolute Gasteiger partial charge is 0.00494 e. The molecule has 1 nitrogen and oxygen atoms in total. The Balaban J connectivity index is 3.57. The highest BCUT2D eigenvalue weighted by Crippen LogP contribution is 2.22. The Morgan fingerprint density at radius 2 is 1.86 bits per heavy atom. The SMILES string of the molecule is CCCCC(CC)CC(C)CCNC. The van der Waals surface area contributed by atoms with Crippen LogP contribution in [0.5, 0.6) is 0 Å². The molecule has 0 saturated carbocycles. The third-order valence-corrected chi connectivity index (χ3v) is 3.17. The maximum Gasteiger partial charge on any atom is -0.00494 e. The van der Waals surface area contributed by atoms with Gasteiger partial charge in [-0.1, -0.05) is 46.5 Å². The van der Waals surface area contributed by atoms with E-state index in [1.165, 1.54) is 45.1 Å². The van der Waals surface area contributed by atoms with Crippen molar-refractivity contribution in [3.8, 4) is 0 Å². The highest BCUT2D eigenvalue weighted by atomic mass is 14.8. The van der Waals surface area contributed by atoms with Gasteiger partial charge in [0.25, 0.3) is 0 Å². The molecule has 0 aromatic carbocycles. The van der Waals surface area contributed by atoms with Crippen molar-refractivity contribution in [2.75, 3.05) is 13.6 Å². The van der Waals surface area contributed by atoms with Crippen LogP contribution in [-0.2, 0) is 0 Å². The van der Waals surface area contributed by atoms with Crippen LogP contribution < -0.4 is 5.32 Å². The largest absolute Gasteiger partial charge is 0.320 e. The Kier molecular flexibility index (Phi) is 9.49. The van der Waals surface area contributed by atoms with E-state index in [2.05, 4.69) is 26.1 Å². The molecule has 2 atom stereocenters. The molecule has 0 aromatic heterocycles. The summed E-state index contributed by atoms with van der Waals surface area (Å²) < 4.78 is 0. The minimum atomic E-state index is 0.893. The molecule has 0 radical (unpaired) electrons. The van der Waals surface area contributed by atoms with Crippen molar-refractivity contribution in [2.45, 2.75) is 59.3 Å². The lowest BCUT2D eigenvalue weighted by molar-refractivity contribution is 0.338. The van der Waals surface area contributed by atoms with Crippen molar-refractivity contribution in [2.24, 2.45) is 11.8 Å². The second-order valence-corrected chi connectivity index (χ2v) is 4.65. The molecule has 86 valence electrons. The standard InChI is InChI=1S/C13H29N/c1-5-7-8-13(6-2)11-12(3)9-10-14-4/h12-14H,5-11H2,1-4H3. The number of unbranched alkanes of at least 4 members (excludes halogenated alkanes) is 1. The summed E-state index contributed by atoms with van der Waals surface area (Å²) in [6.07, 6.45) is 8.33. The van der Waals surface area contributed by atoms with Gasteiger partial charge in [0.1, 0.15) is 0 Å². The second-order valence-electron chi connectivity index (χ2n) is 4.65. The molecular formula is C13H29N. The van der Waals surface area contributed by atoms with E-state index in [4.69, 9.17) is 0 Å². The van der Waals surface area contributed by atoms with Crippen LogP contribution in [0.4, 0.5) is 0 Å². The first-order chi connectivity index (χ1) is 6.74. The molecule has 0 fully saturated rings. The van der Waals surface area contributed by atoms with Gasteiger partial charge in [0.05, 0.1) is 0 Å². The summed E-state index contributed by atoms with van der Waals surface area (Å²) in [5.41, 5.74) is 0. The topological polar surface area (TPSA) is 12.0 Å². The van der Waals surface area contributed by atoms with Gasteiger partial charge in [-0.2, -0.15) is 0 Å². The Bertz CT molecular complexity index is 112. The first-order valence-electron chi connectivity index (χ1n) is 6.39. The van der Waals surface area contributed by atoms with Crippen molar-refractivity contribution < 1.29 is 0 Å². The highest BCUT2D eigenvalue weighted by Gasteiger charge is 2.10. The third kappa shape index (κ3) is 7.37. The van der Waals surface area contributed by atoms with Gasteiger partial charge in [0, 0.05) is 0 Å². The molecule has 0 rings (SSSR count). The van der Waals surface area contributed by atoms with Crippen LogP contribution in [-0.4, -0.2) is 13.6 Å². The lowest BCUT2D eigenvalue weighted by atomic mass is 9.88. The van der Waals surface area contributed by atoms with E-state index >= 15 is 0 Å². The molecule has 2 unspecified atom stereocenters. The van der Waals surface area contributed by atoms with Gasteiger partial charge in [0.15, 0.2) is 0 Å². The lowest BCUT2D eigenvalue weighted by Gasteiger charge is -2.19. The summed E-state index contributed by atoms with van der Waals surface area (Å²) >= 11 is 0. The minimum Gasteiger partial charge on any atom is -0.320 e. The maximum absolute atomic E-state index is 3.23. The van der Waals surface area contributed by atoms with Crippen LogP contribution >= 0.6 is 0 Å². The maximum atomic E-state index is 3.23. The lowest BCUT2D eigenvalue weighted by Crippen LogP contribution is -2.14. The molecular weight excluding hydrogens is 170 g/mol. The van der Waals surface area contributed by atoms with E-state index in [-0.39, 0.29) is 0 Å². The summed E-state index contributed by atoms with van der Waals surface area (Å²) in [5.74, 6) is 1.87. The predicted octanol–water partition coefficient (Wildman–Crippen LogP) is 3.84. The molecule has 0 aliphatic carbocycles. The molecule has 14 heavy (non-hydrogen) atoms. The third-order valence-electron chi connectivity index (χ3n) is 3.17. The fraction of sp³-hybridized carbons (Fsp3) is 1.00. The quantitative estimate of drug-likeness (QED) is 0.595. The molecule has 0 saturated heterocycles.